The molecule has 0 saturated carbocycles. The van der Waals surface area contributed by atoms with Crippen LogP contribution in [0.25, 0.3) is 43.1 Å². The minimum absolute atomic E-state index is 0.00264. The van der Waals surface area contributed by atoms with E-state index in [-0.39, 0.29) is 85.1 Å². The lowest BCUT2D eigenvalue weighted by atomic mass is 10.1. The van der Waals surface area contributed by atoms with Crippen molar-refractivity contribution in [3.63, 3.8) is 0 Å². The van der Waals surface area contributed by atoms with Crippen molar-refractivity contribution in [1.82, 2.24) is 0 Å². The molecular weight excluding hydrogens is 1550 g/mol. The second kappa shape index (κ2) is 34.2. The minimum Gasteiger partial charge on any atom is -0.507 e. The molecule has 0 atom stereocenters. The summed E-state index contributed by atoms with van der Waals surface area (Å²) < 4.78 is 249. The number of rotatable bonds is 17. The molecule has 10 aromatic rings. The lowest BCUT2D eigenvalue weighted by Crippen LogP contribution is -2.03. The maximum atomic E-state index is 13.2. The van der Waals surface area contributed by atoms with Crippen molar-refractivity contribution in [2.75, 3.05) is 12.3 Å². The van der Waals surface area contributed by atoms with Crippen LogP contribution >= 0.6 is 0 Å². The Morgan fingerprint density at radius 2 is 0.865 bits per heavy atom. The third-order valence-electron chi connectivity index (χ3n) is 13.2. The molecule has 104 heavy (non-hydrogen) atoms. The summed E-state index contributed by atoms with van der Waals surface area (Å²) in [7, 11) is -33.2. The Balaban J connectivity index is 0.000000963. The number of phenols is 4. The van der Waals surface area contributed by atoms with Crippen LogP contribution in [0.15, 0.2) is 210 Å². The quantitative estimate of drug-likeness (QED) is 0.0232. The van der Waals surface area contributed by atoms with Crippen molar-refractivity contribution >= 4 is 189 Å². The topological polar surface area (TPSA) is 662 Å². The van der Waals surface area contributed by atoms with Gasteiger partial charge in [0.1, 0.15) is 55.4 Å². The first kappa shape index (κ1) is 81.1. The summed E-state index contributed by atoms with van der Waals surface area (Å²) in [5.41, 5.74) is 5.35. The standard InChI is InChI=1S/C56H43N11O17S4.4O3S/c1-3-19-84-48-27-44(63-65-46-24-33(85(72,73)74)21-30-22-34(86(75,76)77)25-47(68)50(30)46)28(2)20-45(48)64-67-52-49(87(78,79)80)26-39-37(55(52)71)14-18-43(56(39)88(81,82)83)62-66-51-35-13-17-42(53(69)36(35)12-15-40(51)57)61-59-32-11-9-29-10-16-41(54(70)38(29)23-32)60-58-31-7-5-4-6-8-31;4*1-4(2)3/h4-18,20-27,68-71H,3,19,57H2,1-2H3,(H,72,73,74)(H,75,76,77)(H,78,79,80)(H,81,82,83);;;;. The Morgan fingerprint density at radius 3 is 1.43 bits per heavy atom. The van der Waals surface area contributed by atoms with Gasteiger partial charge >= 0.3 is 42.4 Å². The van der Waals surface area contributed by atoms with Gasteiger partial charge in [0.2, 0.25) is 0 Å². The highest BCUT2D eigenvalue weighted by Crippen LogP contribution is 2.49. The molecule has 10 N–H and O–H groups in total. The van der Waals surface area contributed by atoms with Crippen molar-refractivity contribution < 1.29 is 128 Å². The number of azo groups is 5. The number of ether oxygens (including phenoxy) is 1. The highest BCUT2D eigenvalue weighted by Gasteiger charge is 2.29. The van der Waals surface area contributed by atoms with E-state index >= 15 is 0 Å². The first-order chi connectivity index (χ1) is 48.5. The molecule has 0 saturated heterocycles. The molecule has 544 valence electrons. The smallest absolute Gasteiger partial charge is 0.425 e. The molecule has 10 rings (SSSR count). The number of nitrogen functional groups attached to an aromatic ring is 1. The Morgan fingerprint density at radius 1 is 0.394 bits per heavy atom. The zero-order chi connectivity index (χ0) is 77.5. The number of anilines is 1. The van der Waals surface area contributed by atoms with E-state index in [9.17, 15) is 72.3 Å². The predicted octanol–water partition coefficient (Wildman–Crippen LogP) is 10.8. The monoisotopic (exact) mass is 1590 g/mol. The van der Waals surface area contributed by atoms with Crippen molar-refractivity contribution in [3.05, 3.63) is 145 Å². The van der Waals surface area contributed by atoms with Crippen molar-refractivity contribution in [3.8, 4) is 28.7 Å². The fourth-order valence-corrected chi connectivity index (χ4v) is 11.6. The van der Waals surface area contributed by atoms with Gasteiger partial charge in [0.05, 0.1) is 50.2 Å². The van der Waals surface area contributed by atoms with Crippen LogP contribution in [0.5, 0.6) is 28.7 Å². The van der Waals surface area contributed by atoms with Crippen molar-refractivity contribution in [2.45, 2.75) is 39.9 Å². The number of fused-ring (bicyclic) bond motifs is 4. The number of aryl methyl sites for hydroxylation is 1. The number of phenolic OH excluding ortho intramolecular Hbond substituents is 4. The van der Waals surface area contributed by atoms with E-state index in [0.29, 0.717) is 40.7 Å². The molecule has 0 amide bonds. The largest absolute Gasteiger partial charge is 0.507 e. The van der Waals surface area contributed by atoms with Crippen molar-refractivity contribution in [1.29, 1.82) is 0 Å². The molecule has 0 aliphatic rings. The van der Waals surface area contributed by atoms with Gasteiger partial charge in [0.15, 0.2) is 17.2 Å². The molecule has 0 bridgehead atoms. The van der Waals surface area contributed by atoms with Gasteiger partial charge < -0.3 is 30.9 Å². The molecule has 0 heterocycles. The van der Waals surface area contributed by atoms with Crippen LogP contribution in [-0.4, -0.2) is 129 Å². The van der Waals surface area contributed by atoms with E-state index in [1.807, 2.05) is 6.07 Å². The van der Waals surface area contributed by atoms with Crippen LogP contribution in [0, 0.1) is 6.92 Å². The van der Waals surface area contributed by atoms with E-state index in [1.165, 1.54) is 43.3 Å². The fraction of sp³-hybridized carbons (Fsp3) is 0.0714. The second-order valence-corrected chi connectivity index (χ2v) is 27.2. The highest BCUT2D eigenvalue weighted by molar-refractivity contribution is 7.87. The Kier molecular flexibility index (Phi) is 26.7. The van der Waals surface area contributed by atoms with Gasteiger partial charge in [-0.15, -0.1) is 86.3 Å². The third kappa shape index (κ3) is 21.6. The second-order valence-electron chi connectivity index (χ2n) is 19.9. The van der Waals surface area contributed by atoms with E-state index in [1.54, 1.807) is 61.5 Å². The van der Waals surface area contributed by atoms with Crippen LogP contribution in [-0.2, 0) is 82.9 Å². The molecule has 48 heteroatoms. The molecule has 0 aliphatic carbocycles. The molecule has 0 fully saturated rings. The molecule has 40 nitrogen and oxygen atoms in total. The van der Waals surface area contributed by atoms with Crippen LogP contribution in [0.1, 0.15) is 18.9 Å². The Bertz CT molecular complexity index is 6140. The molecule has 0 unspecified atom stereocenters. The Labute approximate surface area is 589 Å². The van der Waals surface area contributed by atoms with Gasteiger partial charge in [0, 0.05) is 39.1 Å². The molecule has 10 aromatic carbocycles. The number of nitrogens with zero attached hydrogens (tertiary/aromatic N) is 10. The first-order valence-electron chi connectivity index (χ1n) is 27.3. The molecule has 0 spiro atoms. The third-order valence-corrected chi connectivity index (χ3v) is 16.7. The van der Waals surface area contributed by atoms with Gasteiger partial charge in [-0.05, 0) is 127 Å². The first-order valence-corrected chi connectivity index (χ1v) is 37.1. The summed E-state index contributed by atoms with van der Waals surface area (Å²) in [5, 5.41) is 86.0. The maximum absolute atomic E-state index is 13.2. The van der Waals surface area contributed by atoms with E-state index in [2.05, 4.69) is 51.1 Å². The lowest BCUT2D eigenvalue weighted by Gasteiger charge is -2.13. The van der Waals surface area contributed by atoms with Crippen LogP contribution in [0.4, 0.5) is 62.6 Å². The lowest BCUT2D eigenvalue weighted by molar-refractivity contribution is 0.318. The maximum Gasteiger partial charge on any atom is 0.425 e. The molecule has 0 radical (unpaired) electrons. The number of benzene rings is 10. The van der Waals surface area contributed by atoms with E-state index in [0.717, 1.165) is 30.3 Å². The molecule has 0 aliphatic heterocycles. The summed E-state index contributed by atoms with van der Waals surface area (Å²) >= 11 is 0. The van der Waals surface area contributed by atoms with Gasteiger partial charge in [-0.25, -0.2) is 0 Å². The van der Waals surface area contributed by atoms with E-state index in [4.69, 9.17) is 61.0 Å². The average molecular weight is 1590 g/mol. The van der Waals surface area contributed by atoms with Gasteiger partial charge in [-0.1, -0.05) is 37.3 Å². The summed E-state index contributed by atoms with van der Waals surface area (Å²) in [6.07, 6.45) is 0.417. The number of nitrogens with two attached hydrogens (primary N) is 1. The zero-order valence-electron chi connectivity index (χ0n) is 51.7. The van der Waals surface area contributed by atoms with Gasteiger partial charge in [-0.2, -0.15) is 49.0 Å². The summed E-state index contributed by atoms with van der Waals surface area (Å²) in [6, 6.07) is 31.2. The Hall–Kier alpha value is -11.8. The van der Waals surface area contributed by atoms with Gasteiger partial charge in [-0.3, -0.25) is 18.2 Å². The minimum atomic E-state index is -5.46. The summed E-state index contributed by atoms with van der Waals surface area (Å²) in [6.45, 7) is 3.26. The predicted molar refractivity (Wildman–Crippen MR) is 359 cm³/mol. The van der Waals surface area contributed by atoms with Gasteiger partial charge in [0.25, 0.3) is 40.5 Å². The SMILES string of the molecule is CCCOc1cc(N=Nc2cc(S(=O)(=O)O)cc3cc(S(=O)(=O)O)cc(O)c23)c(C)cc1N=Nc1c(S(=O)(=O)O)cc2c(S(=O)(=O)O)c(N=Nc3c(N)ccc4c(O)c(N=Nc5ccc6ccc(N=Nc7ccccc7)c(O)c6c5)ccc34)ccc2c1O.O=S(=O)=O.O=S(=O)=O.O=S(=O)=O.O=S(=O)=O. The molecular formula is C56H43N11O29S8. The van der Waals surface area contributed by atoms with Crippen molar-refractivity contribution in [2.24, 2.45) is 51.1 Å². The molecule has 0 aromatic heterocycles. The van der Waals surface area contributed by atoms with Crippen LogP contribution in [0.2, 0.25) is 0 Å². The van der Waals surface area contributed by atoms with E-state index < -0.39 is 142 Å². The summed E-state index contributed by atoms with van der Waals surface area (Å²) in [4.78, 5) is -3.90. The zero-order valence-corrected chi connectivity index (χ0v) is 58.2. The summed E-state index contributed by atoms with van der Waals surface area (Å²) in [5.74, 6) is -2.48. The normalized spacial score (nSPS) is 11.8. The number of hydrogen-bond donors (Lipinski definition) is 9. The highest BCUT2D eigenvalue weighted by atomic mass is 32.2. The fourth-order valence-electron chi connectivity index (χ4n) is 9.02. The number of aromatic hydroxyl groups is 4. The van der Waals surface area contributed by atoms with Crippen LogP contribution in [0.3, 0.4) is 0 Å². The average Bonchev–Trinajstić information content (AvgIpc) is 0.747. The van der Waals surface area contributed by atoms with Crippen LogP contribution < -0.4 is 10.5 Å². The number of hydrogen-bond acceptors (Lipinski definition) is 36.